The van der Waals surface area contributed by atoms with Gasteiger partial charge in [0.25, 0.3) is 10.0 Å². The first-order valence-corrected chi connectivity index (χ1v) is 8.94. The van der Waals surface area contributed by atoms with Crippen LogP contribution in [-0.4, -0.2) is 8.42 Å². The van der Waals surface area contributed by atoms with Gasteiger partial charge in [-0.2, -0.15) is 0 Å². The maximum Gasteiger partial charge on any atom is 0.261 e. The molecule has 0 spiro atoms. The molecule has 122 valence electrons. The van der Waals surface area contributed by atoms with Gasteiger partial charge in [-0.25, -0.2) is 12.8 Å². The highest BCUT2D eigenvalue weighted by molar-refractivity contribution is 7.92. The number of hydrogen-bond acceptors (Lipinski definition) is 2. The summed E-state index contributed by atoms with van der Waals surface area (Å²) >= 11 is 5.80. The van der Waals surface area contributed by atoms with Crippen LogP contribution < -0.4 is 4.72 Å². The van der Waals surface area contributed by atoms with Crippen LogP contribution in [0, 0.1) is 5.82 Å². The van der Waals surface area contributed by atoms with E-state index in [1.165, 1.54) is 18.2 Å². The Balaban J connectivity index is 1.92. The zero-order chi connectivity index (χ0) is 17.2. The molecule has 0 amide bonds. The molecule has 0 aliphatic heterocycles. The van der Waals surface area contributed by atoms with Crippen molar-refractivity contribution >= 4 is 27.3 Å². The molecular weight excluding hydrogens is 349 g/mol. The molecule has 0 aliphatic carbocycles. The van der Waals surface area contributed by atoms with Gasteiger partial charge in [0.15, 0.2) is 0 Å². The van der Waals surface area contributed by atoms with Gasteiger partial charge in [0.1, 0.15) is 5.82 Å². The van der Waals surface area contributed by atoms with Crippen LogP contribution in [0.1, 0.15) is 0 Å². The van der Waals surface area contributed by atoms with E-state index in [2.05, 4.69) is 4.72 Å². The van der Waals surface area contributed by atoms with E-state index >= 15 is 0 Å². The summed E-state index contributed by atoms with van der Waals surface area (Å²) in [5.74, 6) is -0.341. The Hall–Kier alpha value is -2.37. The Labute approximate surface area is 144 Å². The molecule has 0 saturated heterocycles. The number of benzene rings is 3. The number of halogens is 2. The van der Waals surface area contributed by atoms with Crippen LogP contribution in [0.15, 0.2) is 77.7 Å². The average Bonchev–Trinajstić information content (AvgIpc) is 2.58. The second-order valence-corrected chi connectivity index (χ2v) is 7.27. The van der Waals surface area contributed by atoms with Crippen LogP contribution in [0.4, 0.5) is 10.1 Å². The minimum Gasteiger partial charge on any atom is -0.280 e. The molecule has 6 heteroatoms. The van der Waals surface area contributed by atoms with E-state index in [0.717, 1.165) is 5.56 Å². The Bertz CT molecular complexity index is 955. The zero-order valence-corrected chi connectivity index (χ0v) is 14.0. The van der Waals surface area contributed by atoms with Crippen LogP contribution >= 0.6 is 11.6 Å². The molecule has 24 heavy (non-hydrogen) atoms. The molecule has 0 bridgehead atoms. The minimum absolute atomic E-state index is 0.124. The first kappa shape index (κ1) is 16.5. The molecule has 3 rings (SSSR count). The molecule has 3 aromatic carbocycles. The third kappa shape index (κ3) is 3.75. The predicted octanol–water partition coefficient (Wildman–Crippen LogP) is 4.95. The highest BCUT2D eigenvalue weighted by Gasteiger charge is 2.15. The van der Waals surface area contributed by atoms with Crippen LogP contribution in [0.25, 0.3) is 11.1 Å². The standard InChI is InChI=1S/C18H13ClFNO2S/c19-15-6-10-17(11-7-15)21-24(22,23)18-3-1-2-14(12-18)13-4-8-16(20)9-5-13/h1-12,21H. The fourth-order valence-electron chi connectivity index (χ4n) is 2.22. The lowest BCUT2D eigenvalue weighted by atomic mass is 10.1. The molecule has 3 aromatic rings. The van der Waals surface area contributed by atoms with Gasteiger partial charge in [-0.05, 0) is 59.7 Å². The zero-order valence-electron chi connectivity index (χ0n) is 12.4. The van der Waals surface area contributed by atoms with Crippen LogP contribution in [0.5, 0.6) is 0 Å². The molecule has 0 aliphatic rings. The SMILES string of the molecule is O=S(=O)(Nc1ccc(Cl)cc1)c1cccc(-c2ccc(F)cc2)c1. The molecule has 0 atom stereocenters. The van der Waals surface area contributed by atoms with E-state index in [1.807, 2.05) is 0 Å². The molecule has 0 fully saturated rings. The molecule has 0 radical (unpaired) electrons. The fraction of sp³-hybridized carbons (Fsp3) is 0. The van der Waals surface area contributed by atoms with Crippen molar-refractivity contribution in [2.24, 2.45) is 0 Å². The van der Waals surface area contributed by atoms with Crippen molar-refractivity contribution in [3.05, 3.63) is 83.6 Å². The summed E-state index contributed by atoms with van der Waals surface area (Å²) in [7, 11) is -3.73. The van der Waals surface area contributed by atoms with Gasteiger partial charge < -0.3 is 0 Å². The van der Waals surface area contributed by atoms with Crippen molar-refractivity contribution in [1.82, 2.24) is 0 Å². The van der Waals surface area contributed by atoms with Gasteiger partial charge in [-0.1, -0.05) is 35.9 Å². The summed E-state index contributed by atoms with van der Waals surface area (Å²) in [6.45, 7) is 0. The lowest BCUT2D eigenvalue weighted by Gasteiger charge is -2.10. The lowest BCUT2D eigenvalue weighted by Crippen LogP contribution is -2.12. The van der Waals surface area contributed by atoms with Gasteiger partial charge in [-0.3, -0.25) is 4.72 Å². The third-order valence-corrected chi connectivity index (χ3v) is 5.05. The van der Waals surface area contributed by atoms with Crippen molar-refractivity contribution in [2.45, 2.75) is 4.90 Å². The van der Waals surface area contributed by atoms with E-state index in [0.29, 0.717) is 16.3 Å². The summed E-state index contributed by atoms with van der Waals surface area (Å²) in [5.41, 5.74) is 1.85. The Morgan fingerprint density at radius 2 is 1.50 bits per heavy atom. The van der Waals surface area contributed by atoms with Crippen molar-refractivity contribution in [3.8, 4) is 11.1 Å². The van der Waals surface area contributed by atoms with E-state index in [4.69, 9.17) is 11.6 Å². The van der Waals surface area contributed by atoms with Crippen LogP contribution in [0.3, 0.4) is 0 Å². The monoisotopic (exact) mass is 361 g/mol. The molecule has 3 nitrogen and oxygen atoms in total. The molecule has 0 unspecified atom stereocenters. The van der Waals surface area contributed by atoms with Gasteiger partial charge >= 0.3 is 0 Å². The third-order valence-electron chi connectivity index (χ3n) is 3.42. The summed E-state index contributed by atoms with van der Waals surface area (Å²) in [6, 6.07) is 18.7. The van der Waals surface area contributed by atoms with Crippen molar-refractivity contribution in [1.29, 1.82) is 0 Å². The Morgan fingerprint density at radius 1 is 0.833 bits per heavy atom. The van der Waals surface area contributed by atoms with Crippen LogP contribution in [-0.2, 0) is 10.0 Å². The summed E-state index contributed by atoms with van der Waals surface area (Å²) < 4.78 is 40.6. The smallest absolute Gasteiger partial charge is 0.261 e. The number of anilines is 1. The van der Waals surface area contributed by atoms with E-state index in [9.17, 15) is 12.8 Å². The predicted molar refractivity (Wildman–Crippen MR) is 94.1 cm³/mol. The average molecular weight is 362 g/mol. The fourth-order valence-corrected chi connectivity index (χ4v) is 3.45. The molecule has 0 aromatic heterocycles. The summed E-state index contributed by atoms with van der Waals surface area (Å²) in [6.07, 6.45) is 0. The highest BCUT2D eigenvalue weighted by atomic mass is 35.5. The number of hydrogen-bond donors (Lipinski definition) is 1. The van der Waals surface area contributed by atoms with Crippen molar-refractivity contribution in [2.75, 3.05) is 4.72 Å². The molecule has 1 N–H and O–H groups in total. The largest absolute Gasteiger partial charge is 0.280 e. The lowest BCUT2D eigenvalue weighted by molar-refractivity contribution is 0.601. The maximum atomic E-state index is 13.0. The van der Waals surface area contributed by atoms with Crippen molar-refractivity contribution < 1.29 is 12.8 Å². The number of nitrogens with one attached hydrogen (secondary N) is 1. The minimum atomic E-state index is -3.73. The summed E-state index contributed by atoms with van der Waals surface area (Å²) in [4.78, 5) is 0.124. The van der Waals surface area contributed by atoms with Gasteiger partial charge in [0, 0.05) is 10.7 Å². The summed E-state index contributed by atoms with van der Waals surface area (Å²) in [5, 5.41) is 0.524. The maximum absolute atomic E-state index is 13.0. The number of sulfonamides is 1. The quantitative estimate of drug-likeness (QED) is 0.714. The Morgan fingerprint density at radius 3 is 2.17 bits per heavy atom. The van der Waals surface area contributed by atoms with Gasteiger partial charge in [0.2, 0.25) is 0 Å². The molecule has 0 heterocycles. The molecular formula is C18H13ClFNO2S. The van der Waals surface area contributed by atoms with E-state index in [-0.39, 0.29) is 10.7 Å². The second kappa shape index (κ2) is 6.63. The topological polar surface area (TPSA) is 46.2 Å². The highest BCUT2D eigenvalue weighted by Crippen LogP contribution is 2.24. The van der Waals surface area contributed by atoms with Gasteiger partial charge in [-0.15, -0.1) is 0 Å². The molecule has 0 saturated carbocycles. The van der Waals surface area contributed by atoms with E-state index < -0.39 is 10.0 Å². The van der Waals surface area contributed by atoms with Gasteiger partial charge in [0.05, 0.1) is 4.90 Å². The van der Waals surface area contributed by atoms with E-state index in [1.54, 1.807) is 54.6 Å². The van der Waals surface area contributed by atoms with Crippen molar-refractivity contribution in [3.63, 3.8) is 0 Å². The van der Waals surface area contributed by atoms with Crippen LogP contribution in [0.2, 0.25) is 5.02 Å². The Kier molecular flexibility index (Phi) is 4.55. The second-order valence-electron chi connectivity index (χ2n) is 5.15. The number of rotatable bonds is 4. The normalized spacial score (nSPS) is 11.2. The first-order valence-electron chi connectivity index (χ1n) is 7.08. The first-order chi connectivity index (χ1) is 11.4.